The number of likely N-dealkylation sites (tertiary alicyclic amines) is 2. The van der Waals surface area contributed by atoms with Crippen LogP contribution in [0.5, 0.6) is 0 Å². The summed E-state index contributed by atoms with van der Waals surface area (Å²) in [6, 6.07) is 19.0. The summed E-state index contributed by atoms with van der Waals surface area (Å²) in [6.45, 7) is 5.40. The lowest BCUT2D eigenvalue weighted by Gasteiger charge is -2.29. The van der Waals surface area contributed by atoms with Gasteiger partial charge >= 0.3 is 6.03 Å². The molecule has 0 spiro atoms. The number of nitrogens with one attached hydrogen (secondary N) is 3. The summed E-state index contributed by atoms with van der Waals surface area (Å²) in [5.41, 5.74) is 3.26. The smallest absolute Gasteiger partial charge is 0.321 e. The largest absolute Gasteiger partial charge is 0.354 e. The van der Waals surface area contributed by atoms with Crippen molar-refractivity contribution in [3.63, 3.8) is 0 Å². The number of aliphatic imine (C=N–C) groups is 1. The molecule has 0 radical (unpaired) electrons. The van der Waals surface area contributed by atoms with Gasteiger partial charge in [0, 0.05) is 38.9 Å². The van der Waals surface area contributed by atoms with Crippen LogP contribution < -0.4 is 16.0 Å². The molecular formula is C26H37IN6O. The Labute approximate surface area is 220 Å². The van der Waals surface area contributed by atoms with Crippen molar-refractivity contribution in [2.75, 3.05) is 45.1 Å². The van der Waals surface area contributed by atoms with Crippen molar-refractivity contribution in [1.82, 2.24) is 20.4 Å². The van der Waals surface area contributed by atoms with Crippen LogP contribution in [0.4, 0.5) is 10.5 Å². The average Bonchev–Trinajstić information content (AvgIpc) is 3.57. The number of carbonyl (C=O) groups excluding carboxylic acids is 1. The number of hydrogen-bond acceptors (Lipinski definition) is 3. The van der Waals surface area contributed by atoms with E-state index in [2.05, 4.69) is 62.2 Å². The fourth-order valence-electron chi connectivity index (χ4n) is 4.67. The fourth-order valence-corrected chi connectivity index (χ4v) is 4.67. The van der Waals surface area contributed by atoms with Gasteiger partial charge in [-0.1, -0.05) is 42.5 Å². The van der Waals surface area contributed by atoms with Crippen LogP contribution in [0.2, 0.25) is 0 Å². The van der Waals surface area contributed by atoms with Crippen LogP contribution in [0.25, 0.3) is 0 Å². The van der Waals surface area contributed by atoms with Gasteiger partial charge < -0.3 is 20.9 Å². The van der Waals surface area contributed by atoms with Crippen molar-refractivity contribution in [2.45, 2.75) is 38.3 Å². The number of nitrogens with zero attached hydrogens (tertiary/aromatic N) is 3. The van der Waals surface area contributed by atoms with Gasteiger partial charge in [0.1, 0.15) is 0 Å². The van der Waals surface area contributed by atoms with Crippen LogP contribution in [0, 0.1) is 0 Å². The molecule has 3 N–H and O–H groups in total. The van der Waals surface area contributed by atoms with Crippen LogP contribution in [0.15, 0.2) is 59.6 Å². The molecule has 184 valence electrons. The van der Waals surface area contributed by atoms with Gasteiger partial charge in [-0.05, 0) is 62.0 Å². The number of guanidine groups is 1. The second-order valence-electron chi connectivity index (χ2n) is 8.80. The molecule has 0 saturated carbocycles. The lowest BCUT2D eigenvalue weighted by molar-refractivity contribution is 0.222. The van der Waals surface area contributed by atoms with Crippen molar-refractivity contribution >= 4 is 41.7 Å². The molecule has 4 rings (SSSR count). The predicted octanol–water partition coefficient (Wildman–Crippen LogP) is 4.43. The molecule has 2 aromatic carbocycles. The summed E-state index contributed by atoms with van der Waals surface area (Å²) in [5.74, 6) is 0.779. The highest BCUT2D eigenvalue weighted by atomic mass is 127. The maximum Gasteiger partial charge on any atom is 0.321 e. The van der Waals surface area contributed by atoms with Crippen molar-refractivity contribution in [3.8, 4) is 0 Å². The van der Waals surface area contributed by atoms with E-state index in [1.807, 2.05) is 23.1 Å². The van der Waals surface area contributed by atoms with Crippen LogP contribution in [0.3, 0.4) is 0 Å². The van der Waals surface area contributed by atoms with Crippen molar-refractivity contribution in [1.29, 1.82) is 0 Å². The number of anilines is 1. The van der Waals surface area contributed by atoms with E-state index in [1.165, 1.54) is 18.4 Å². The summed E-state index contributed by atoms with van der Waals surface area (Å²) < 4.78 is 0. The third-order valence-corrected chi connectivity index (χ3v) is 6.48. The van der Waals surface area contributed by atoms with Gasteiger partial charge in [-0.15, -0.1) is 24.0 Å². The van der Waals surface area contributed by atoms with Gasteiger partial charge in [0.05, 0.1) is 6.04 Å². The molecule has 7 nitrogen and oxygen atoms in total. The Morgan fingerprint density at radius 1 is 0.941 bits per heavy atom. The van der Waals surface area contributed by atoms with Crippen molar-refractivity contribution in [3.05, 3.63) is 65.7 Å². The zero-order valence-corrected chi connectivity index (χ0v) is 22.3. The number of hydrogen-bond donors (Lipinski definition) is 3. The van der Waals surface area contributed by atoms with E-state index in [9.17, 15) is 4.79 Å². The van der Waals surface area contributed by atoms with E-state index in [0.717, 1.165) is 62.8 Å². The van der Waals surface area contributed by atoms with Crippen LogP contribution in [-0.4, -0.2) is 61.6 Å². The van der Waals surface area contributed by atoms with Crippen molar-refractivity contribution in [2.24, 2.45) is 4.99 Å². The van der Waals surface area contributed by atoms with E-state index >= 15 is 0 Å². The van der Waals surface area contributed by atoms with Crippen LogP contribution >= 0.6 is 24.0 Å². The van der Waals surface area contributed by atoms with E-state index in [-0.39, 0.29) is 30.0 Å². The topological polar surface area (TPSA) is 72.0 Å². The summed E-state index contributed by atoms with van der Waals surface area (Å²) in [5, 5.41) is 9.96. The first-order valence-corrected chi connectivity index (χ1v) is 12.1. The number of benzene rings is 2. The first-order chi connectivity index (χ1) is 16.2. The Bertz CT molecular complexity index is 926. The number of halogens is 1. The Morgan fingerprint density at radius 2 is 1.65 bits per heavy atom. The molecule has 2 fully saturated rings. The van der Waals surface area contributed by atoms with E-state index in [4.69, 9.17) is 0 Å². The summed E-state index contributed by atoms with van der Waals surface area (Å²) in [4.78, 5) is 21.2. The van der Waals surface area contributed by atoms with Gasteiger partial charge in [-0.3, -0.25) is 9.89 Å². The zero-order valence-electron chi connectivity index (χ0n) is 20.0. The quantitative estimate of drug-likeness (QED) is 0.259. The first-order valence-electron chi connectivity index (χ1n) is 12.1. The fraction of sp³-hybridized carbons (Fsp3) is 0.462. The number of amides is 2. The molecule has 0 aromatic heterocycles. The Kier molecular flexibility index (Phi) is 10.5. The molecule has 1 unspecified atom stereocenters. The molecule has 2 aromatic rings. The van der Waals surface area contributed by atoms with Gasteiger partial charge in [0.2, 0.25) is 0 Å². The highest BCUT2D eigenvalue weighted by Gasteiger charge is 2.23. The minimum atomic E-state index is -0.0102. The molecule has 0 bridgehead atoms. The lowest BCUT2D eigenvalue weighted by Crippen LogP contribution is -2.42. The third kappa shape index (κ3) is 7.33. The highest BCUT2D eigenvalue weighted by molar-refractivity contribution is 14.0. The molecule has 1 atom stereocenters. The number of carbonyl (C=O) groups is 1. The number of rotatable bonds is 7. The third-order valence-electron chi connectivity index (χ3n) is 6.48. The Balaban J connectivity index is 0.00000324. The summed E-state index contributed by atoms with van der Waals surface area (Å²) >= 11 is 0. The molecule has 2 saturated heterocycles. The second kappa shape index (κ2) is 13.5. The van der Waals surface area contributed by atoms with Gasteiger partial charge in [0.15, 0.2) is 5.96 Å². The minimum absolute atomic E-state index is 0. The monoisotopic (exact) mass is 576 g/mol. The zero-order chi connectivity index (χ0) is 22.9. The molecule has 34 heavy (non-hydrogen) atoms. The average molecular weight is 577 g/mol. The normalized spacial score (nSPS) is 17.2. The molecule has 2 aliphatic rings. The van der Waals surface area contributed by atoms with Gasteiger partial charge in [-0.25, -0.2) is 4.79 Å². The standard InChI is InChI=1S/C26H36N6O.HI/c1-27-25(29-20-24(31-14-5-6-15-31)22-11-3-2-4-12-22)28-19-21-10-9-13-23(18-21)30-26(33)32-16-7-8-17-32;/h2-4,9-13,18,24H,5-8,14-17,19-20H2,1H3,(H,30,33)(H2,27,28,29);1H. The molecule has 0 aliphatic carbocycles. The second-order valence-corrected chi connectivity index (χ2v) is 8.80. The highest BCUT2D eigenvalue weighted by Crippen LogP contribution is 2.24. The summed E-state index contributed by atoms with van der Waals surface area (Å²) in [7, 11) is 1.80. The SMILES string of the molecule is CN=C(NCc1cccc(NC(=O)N2CCCC2)c1)NCC(c1ccccc1)N1CCCC1.I. The molecule has 2 heterocycles. The molecule has 8 heteroatoms. The first kappa shape index (κ1) is 26.3. The summed E-state index contributed by atoms with van der Waals surface area (Å²) in [6.07, 6.45) is 4.71. The molecule has 2 amide bonds. The maximum atomic E-state index is 12.4. The van der Waals surface area contributed by atoms with Crippen molar-refractivity contribution < 1.29 is 4.79 Å². The van der Waals surface area contributed by atoms with E-state index < -0.39 is 0 Å². The van der Waals surface area contributed by atoms with Gasteiger partial charge in [0.25, 0.3) is 0 Å². The van der Waals surface area contributed by atoms with E-state index in [1.54, 1.807) is 7.05 Å². The maximum absolute atomic E-state index is 12.4. The van der Waals surface area contributed by atoms with Crippen LogP contribution in [0.1, 0.15) is 42.9 Å². The minimum Gasteiger partial charge on any atom is -0.354 e. The van der Waals surface area contributed by atoms with E-state index in [0.29, 0.717) is 12.6 Å². The Hall–Kier alpha value is -2.33. The van der Waals surface area contributed by atoms with Crippen LogP contribution in [-0.2, 0) is 6.54 Å². The Morgan fingerprint density at radius 3 is 2.35 bits per heavy atom. The molecular weight excluding hydrogens is 539 g/mol. The van der Waals surface area contributed by atoms with Gasteiger partial charge in [-0.2, -0.15) is 0 Å². The number of urea groups is 1. The molecule has 2 aliphatic heterocycles. The predicted molar refractivity (Wildman–Crippen MR) is 150 cm³/mol. The lowest BCUT2D eigenvalue weighted by atomic mass is 10.1.